The van der Waals surface area contributed by atoms with Gasteiger partial charge in [0.2, 0.25) is 0 Å². The Kier molecular flexibility index (Phi) is 5.54. The average Bonchev–Trinajstić information content (AvgIpc) is 2.66. The van der Waals surface area contributed by atoms with E-state index in [0.717, 1.165) is 16.3 Å². The van der Waals surface area contributed by atoms with E-state index >= 15 is 0 Å². The standard InChI is InChI=1S/C21H20FN3O3/c1-13(2)15-8-4-6-10-18(15)24-19(26)16-11-23-21(28)25(20(16)27)12-14-7-3-5-9-17(14)22/h3-11,13H,12H2,1-2H3,(H,23,28)(H,24,26). The zero-order chi connectivity index (χ0) is 20.3. The average molecular weight is 381 g/mol. The molecule has 144 valence electrons. The molecular weight excluding hydrogens is 361 g/mol. The molecule has 0 spiro atoms. The highest BCUT2D eigenvalue weighted by atomic mass is 19.1. The van der Waals surface area contributed by atoms with Gasteiger partial charge in [-0.25, -0.2) is 9.18 Å². The van der Waals surface area contributed by atoms with Gasteiger partial charge in [-0.15, -0.1) is 0 Å². The number of rotatable bonds is 5. The first-order chi connectivity index (χ1) is 13.4. The molecule has 3 rings (SSSR count). The summed E-state index contributed by atoms with van der Waals surface area (Å²) in [5, 5.41) is 2.72. The molecule has 1 heterocycles. The normalized spacial score (nSPS) is 10.9. The smallest absolute Gasteiger partial charge is 0.322 e. The topological polar surface area (TPSA) is 84.0 Å². The van der Waals surface area contributed by atoms with Crippen molar-refractivity contribution in [3.05, 3.63) is 98.1 Å². The SMILES string of the molecule is CC(C)c1ccccc1NC(=O)c1c[nH]c(=O)n(Cc2ccccc2F)c1=O. The van der Waals surface area contributed by atoms with Crippen LogP contribution >= 0.6 is 0 Å². The van der Waals surface area contributed by atoms with E-state index in [0.29, 0.717) is 5.69 Å². The highest BCUT2D eigenvalue weighted by molar-refractivity contribution is 6.04. The Hall–Kier alpha value is -3.48. The molecule has 0 aliphatic rings. The lowest BCUT2D eigenvalue weighted by atomic mass is 10.0. The first kappa shape index (κ1) is 19.3. The molecule has 3 aromatic rings. The maximum absolute atomic E-state index is 13.9. The van der Waals surface area contributed by atoms with Crippen LogP contribution in [0.4, 0.5) is 10.1 Å². The summed E-state index contributed by atoms with van der Waals surface area (Å²) in [7, 11) is 0. The van der Waals surface area contributed by atoms with Gasteiger partial charge in [-0.1, -0.05) is 50.2 Å². The van der Waals surface area contributed by atoms with Crippen LogP contribution in [0.25, 0.3) is 0 Å². The monoisotopic (exact) mass is 381 g/mol. The van der Waals surface area contributed by atoms with Gasteiger partial charge >= 0.3 is 5.69 Å². The van der Waals surface area contributed by atoms with Gasteiger partial charge in [-0.3, -0.25) is 14.2 Å². The number of hydrogen-bond acceptors (Lipinski definition) is 3. The van der Waals surface area contributed by atoms with Crippen molar-refractivity contribution in [1.29, 1.82) is 0 Å². The number of aromatic amines is 1. The molecule has 2 aromatic carbocycles. The number of carbonyl (C=O) groups is 1. The van der Waals surface area contributed by atoms with E-state index in [1.807, 2.05) is 26.0 Å². The summed E-state index contributed by atoms with van der Waals surface area (Å²) in [5.74, 6) is -1.00. The fraction of sp³-hybridized carbons (Fsp3) is 0.190. The number of nitrogens with zero attached hydrogens (tertiary/aromatic N) is 1. The second-order valence-electron chi connectivity index (χ2n) is 6.69. The molecule has 7 heteroatoms. The summed E-state index contributed by atoms with van der Waals surface area (Å²) >= 11 is 0. The molecule has 1 aromatic heterocycles. The van der Waals surface area contributed by atoms with Crippen molar-refractivity contribution in [1.82, 2.24) is 9.55 Å². The predicted octanol–water partition coefficient (Wildman–Crippen LogP) is 3.10. The van der Waals surface area contributed by atoms with Crippen LogP contribution in [0.2, 0.25) is 0 Å². The molecular formula is C21H20FN3O3. The zero-order valence-corrected chi connectivity index (χ0v) is 15.5. The van der Waals surface area contributed by atoms with Crippen LogP contribution in [0.3, 0.4) is 0 Å². The van der Waals surface area contributed by atoms with Crippen molar-refractivity contribution in [2.45, 2.75) is 26.3 Å². The number of carbonyl (C=O) groups excluding carboxylic acids is 1. The Morgan fingerprint density at radius 3 is 2.50 bits per heavy atom. The number of halogens is 1. The van der Waals surface area contributed by atoms with Crippen molar-refractivity contribution in [3.63, 3.8) is 0 Å². The largest absolute Gasteiger partial charge is 0.328 e. The van der Waals surface area contributed by atoms with Crippen LogP contribution in [0.15, 0.2) is 64.3 Å². The first-order valence-electron chi connectivity index (χ1n) is 8.84. The second-order valence-corrected chi connectivity index (χ2v) is 6.69. The lowest BCUT2D eigenvalue weighted by Gasteiger charge is -2.14. The molecule has 6 nitrogen and oxygen atoms in total. The van der Waals surface area contributed by atoms with E-state index in [2.05, 4.69) is 10.3 Å². The van der Waals surface area contributed by atoms with Gasteiger partial charge in [0.25, 0.3) is 11.5 Å². The molecule has 2 N–H and O–H groups in total. The minimum Gasteiger partial charge on any atom is -0.322 e. The Morgan fingerprint density at radius 1 is 1.11 bits per heavy atom. The Balaban J connectivity index is 1.96. The molecule has 0 fully saturated rings. The first-order valence-corrected chi connectivity index (χ1v) is 8.84. The summed E-state index contributed by atoms with van der Waals surface area (Å²) < 4.78 is 14.7. The summed E-state index contributed by atoms with van der Waals surface area (Å²) in [4.78, 5) is 39.9. The van der Waals surface area contributed by atoms with Crippen LogP contribution in [-0.2, 0) is 6.54 Å². The molecule has 0 bridgehead atoms. The van der Waals surface area contributed by atoms with E-state index in [-0.39, 0.29) is 23.6 Å². The predicted molar refractivity (Wildman–Crippen MR) is 105 cm³/mol. The van der Waals surface area contributed by atoms with Crippen LogP contribution in [0, 0.1) is 5.82 Å². The maximum atomic E-state index is 13.9. The van der Waals surface area contributed by atoms with Crippen molar-refractivity contribution in [2.75, 3.05) is 5.32 Å². The number of para-hydroxylation sites is 1. The minimum atomic E-state index is -0.786. The molecule has 0 aliphatic carbocycles. The Labute approximate surface area is 160 Å². The summed E-state index contributed by atoms with van der Waals surface area (Å²) in [6.45, 7) is 3.71. The number of aromatic nitrogens is 2. The van der Waals surface area contributed by atoms with Crippen LogP contribution in [0.5, 0.6) is 0 Å². The summed E-state index contributed by atoms with van der Waals surface area (Å²) in [6.07, 6.45) is 1.08. The van der Waals surface area contributed by atoms with Gasteiger partial charge in [-0.05, 0) is 23.6 Å². The van der Waals surface area contributed by atoms with Crippen molar-refractivity contribution >= 4 is 11.6 Å². The maximum Gasteiger partial charge on any atom is 0.328 e. The number of hydrogen-bond donors (Lipinski definition) is 2. The van der Waals surface area contributed by atoms with E-state index in [9.17, 15) is 18.8 Å². The Morgan fingerprint density at radius 2 is 1.79 bits per heavy atom. The van der Waals surface area contributed by atoms with E-state index < -0.39 is 23.0 Å². The summed E-state index contributed by atoms with van der Waals surface area (Å²) in [5.41, 5.74) is -0.0352. The molecule has 0 radical (unpaired) electrons. The van der Waals surface area contributed by atoms with Gasteiger partial charge in [-0.2, -0.15) is 0 Å². The van der Waals surface area contributed by atoms with Crippen molar-refractivity contribution in [2.24, 2.45) is 0 Å². The van der Waals surface area contributed by atoms with Crippen LogP contribution in [-0.4, -0.2) is 15.5 Å². The van der Waals surface area contributed by atoms with Gasteiger partial charge in [0.05, 0.1) is 6.54 Å². The van der Waals surface area contributed by atoms with E-state index in [1.54, 1.807) is 18.2 Å². The Bertz CT molecular complexity index is 1130. The van der Waals surface area contributed by atoms with Crippen LogP contribution in [0.1, 0.15) is 41.3 Å². The van der Waals surface area contributed by atoms with E-state index in [1.165, 1.54) is 18.2 Å². The number of benzene rings is 2. The van der Waals surface area contributed by atoms with Crippen molar-refractivity contribution < 1.29 is 9.18 Å². The molecule has 28 heavy (non-hydrogen) atoms. The van der Waals surface area contributed by atoms with Crippen molar-refractivity contribution in [3.8, 4) is 0 Å². The molecule has 0 saturated heterocycles. The highest BCUT2D eigenvalue weighted by Crippen LogP contribution is 2.23. The second kappa shape index (κ2) is 8.04. The number of anilines is 1. The molecule has 0 atom stereocenters. The lowest BCUT2D eigenvalue weighted by molar-refractivity contribution is 0.102. The van der Waals surface area contributed by atoms with Gasteiger partial charge in [0, 0.05) is 17.4 Å². The number of nitrogens with one attached hydrogen (secondary N) is 2. The number of amides is 1. The third kappa shape index (κ3) is 3.93. The fourth-order valence-electron chi connectivity index (χ4n) is 2.92. The van der Waals surface area contributed by atoms with Gasteiger partial charge in [0.15, 0.2) is 0 Å². The van der Waals surface area contributed by atoms with Gasteiger partial charge < -0.3 is 10.3 Å². The number of H-pyrrole nitrogens is 1. The third-order valence-electron chi connectivity index (χ3n) is 4.42. The fourth-order valence-corrected chi connectivity index (χ4v) is 2.92. The molecule has 0 saturated carbocycles. The minimum absolute atomic E-state index is 0.171. The molecule has 1 amide bonds. The third-order valence-corrected chi connectivity index (χ3v) is 4.42. The quantitative estimate of drug-likeness (QED) is 0.712. The lowest BCUT2D eigenvalue weighted by Crippen LogP contribution is -2.39. The van der Waals surface area contributed by atoms with Crippen LogP contribution < -0.4 is 16.6 Å². The van der Waals surface area contributed by atoms with E-state index in [4.69, 9.17) is 0 Å². The zero-order valence-electron chi connectivity index (χ0n) is 15.5. The summed E-state index contributed by atoms with van der Waals surface area (Å²) in [6, 6.07) is 13.1. The molecule has 0 unspecified atom stereocenters. The molecule has 0 aliphatic heterocycles. The highest BCUT2D eigenvalue weighted by Gasteiger charge is 2.17. The van der Waals surface area contributed by atoms with Gasteiger partial charge in [0.1, 0.15) is 11.4 Å².